The summed E-state index contributed by atoms with van der Waals surface area (Å²) in [5.74, 6) is 0.0878. The number of nitrogens with zero attached hydrogens (tertiary/aromatic N) is 2. The van der Waals surface area contributed by atoms with E-state index in [2.05, 4.69) is 15.4 Å². The highest BCUT2D eigenvalue weighted by Gasteiger charge is 2.26. The fourth-order valence-corrected chi connectivity index (χ4v) is 2.47. The Labute approximate surface area is 119 Å². The van der Waals surface area contributed by atoms with Gasteiger partial charge in [0.1, 0.15) is 11.8 Å². The topological polar surface area (TPSA) is 67.6 Å². The van der Waals surface area contributed by atoms with Gasteiger partial charge in [0, 0.05) is 32.8 Å². The molecule has 0 radical (unpaired) electrons. The van der Waals surface area contributed by atoms with Gasteiger partial charge in [0.25, 0.3) is 5.91 Å². The Hall–Kier alpha value is -1.40. The maximum atomic E-state index is 12.3. The molecule has 1 N–H and O–H groups in total. The van der Waals surface area contributed by atoms with Crippen molar-refractivity contribution in [3.05, 3.63) is 17.5 Å². The van der Waals surface area contributed by atoms with Gasteiger partial charge in [0.05, 0.1) is 12.3 Å². The molecule has 2 heterocycles. The predicted molar refractivity (Wildman–Crippen MR) is 74.8 cm³/mol. The summed E-state index contributed by atoms with van der Waals surface area (Å²) in [5.41, 5.74) is 1.27. The quantitative estimate of drug-likeness (QED) is 0.850. The number of ether oxygens (including phenoxy) is 1. The van der Waals surface area contributed by atoms with Gasteiger partial charge in [-0.05, 0) is 12.3 Å². The number of nitrogens with one attached hydrogen (secondary N) is 1. The van der Waals surface area contributed by atoms with Crippen molar-refractivity contribution in [3.8, 4) is 0 Å². The van der Waals surface area contributed by atoms with Crippen molar-refractivity contribution in [3.63, 3.8) is 0 Å². The summed E-state index contributed by atoms with van der Waals surface area (Å²) in [5, 5.41) is 6.97. The largest absolute Gasteiger partial charge is 0.383 e. The molecule has 0 saturated carbocycles. The van der Waals surface area contributed by atoms with Gasteiger partial charge >= 0.3 is 0 Å². The molecule has 0 spiro atoms. The van der Waals surface area contributed by atoms with E-state index in [-0.39, 0.29) is 17.9 Å². The minimum absolute atomic E-state index is 0.0893. The van der Waals surface area contributed by atoms with Crippen LogP contribution in [0.15, 0.2) is 10.8 Å². The van der Waals surface area contributed by atoms with E-state index in [1.54, 1.807) is 7.11 Å². The van der Waals surface area contributed by atoms with E-state index in [1.165, 1.54) is 6.26 Å². The predicted octanol–water partition coefficient (Wildman–Crippen LogP) is 1.25. The second-order valence-corrected chi connectivity index (χ2v) is 5.52. The molecule has 1 amide bonds. The number of amides is 1. The summed E-state index contributed by atoms with van der Waals surface area (Å²) in [6, 6.07) is 0.189. The molecule has 20 heavy (non-hydrogen) atoms. The van der Waals surface area contributed by atoms with E-state index in [4.69, 9.17) is 9.26 Å². The molecule has 1 unspecified atom stereocenters. The smallest absolute Gasteiger partial charge is 0.256 e. The standard InChI is InChI=1S/C14H23N3O3/c1-10(2)13-12(9-20-16-13)14(18)15-11-4-5-17(8-11)6-7-19-3/h9-11H,4-8H2,1-3H3,(H,15,18). The van der Waals surface area contributed by atoms with Crippen molar-refractivity contribution in [2.24, 2.45) is 0 Å². The second-order valence-electron chi connectivity index (χ2n) is 5.52. The third-order valence-electron chi connectivity index (χ3n) is 3.61. The van der Waals surface area contributed by atoms with Gasteiger partial charge in [-0.2, -0.15) is 0 Å². The summed E-state index contributed by atoms with van der Waals surface area (Å²) in [4.78, 5) is 14.6. The fourth-order valence-electron chi connectivity index (χ4n) is 2.47. The average molecular weight is 281 g/mol. The van der Waals surface area contributed by atoms with Crippen molar-refractivity contribution in [2.75, 3.05) is 33.4 Å². The molecule has 1 saturated heterocycles. The summed E-state index contributed by atoms with van der Waals surface area (Å²) in [6.45, 7) is 7.50. The lowest BCUT2D eigenvalue weighted by Crippen LogP contribution is -2.37. The van der Waals surface area contributed by atoms with E-state index in [1.807, 2.05) is 13.8 Å². The van der Waals surface area contributed by atoms with Crippen molar-refractivity contribution in [1.82, 2.24) is 15.4 Å². The molecule has 6 nitrogen and oxygen atoms in total. The summed E-state index contributed by atoms with van der Waals surface area (Å²) < 4.78 is 10.0. The van der Waals surface area contributed by atoms with Crippen molar-refractivity contribution < 1.29 is 14.1 Å². The molecule has 0 bridgehead atoms. The van der Waals surface area contributed by atoms with Crippen LogP contribution in [0.2, 0.25) is 0 Å². The molecule has 1 aliphatic heterocycles. The van der Waals surface area contributed by atoms with Gasteiger partial charge in [0.15, 0.2) is 0 Å². The van der Waals surface area contributed by atoms with Crippen LogP contribution in [0.3, 0.4) is 0 Å². The molecule has 2 rings (SSSR count). The first kappa shape index (κ1) is 15.0. The SMILES string of the molecule is COCCN1CCC(NC(=O)c2conc2C(C)C)C1. The van der Waals surface area contributed by atoms with E-state index in [0.29, 0.717) is 5.56 Å². The zero-order chi connectivity index (χ0) is 14.5. The highest BCUT2D eigenvalue weighted by atomic mass is 16.5. The molecule has 1 aliphatic rings. The Morgan fingerprint density at radius 3 is 3.15 bits per heavy atom. The van der Waals surface area contributed by atoms with E-state index >= 15 is 0 Å². The maximum Gasteiger partial charge on any atom is 0.256 e. The Morgan fingerprint density at radius 1 is 1.65 bits per heavy atom. The van der Waals surface area contributed by atoms with E-state index < -0.39 is 0 Å². The number of carbonyl (C=O) groups excluding carboxylic acids is 1. The number of methoxy groups -OCH3 is 1. The molecule has 112 valence electrons. The molecular weight excluding hydrogens is 258 g/mol. The normalized spacial score (nSPS) is 19.7. The zero-order valence-electron chi connectivity index (χ0n) is 12.4. The first-order valence-corrected chi connectivity index (χ1v) is 7.08. The number of hydrogen-bond donors (Lipinski definition) is 1. The van der Waals surface area contributed by atoms with Crippen LogP contribution >= 0.6 is 0 Å². The minimum atomic E-state index is -0.0893. The van der Waals surface area contributed by atoms with Gasteiger partial charge in [-0.3, -0.25) is 9.69 Å². The molecule has 1 aromatic heterocycles. The van der Waals surface area contributed by atoms with Crippen LogP contribution in [0.1, 0.15) is 42.2 Å². The van der Waals surface area contributed by atoms with Crippen LogP contribution < -0.4 is 5.32 Å². The van der Waals surface area contributed by atoms with Crippen LogP contribution in [0.5, 0.6) is 0 Å². The third-order valence-corrected chi connectivity index (χ3v) is 3.61. The van der Waals surface area contributed by atoms with Crippen LogP contribution in [0, 0.1) is 0 Å². The first-order chi connectivity index (χ1) is 9.61. The minimum Gasteiger partial charge on any atom is -0.383 e. The summed E-state index contributed by atoms with van der Waals surface area (Å²) >= 11 is 0. The molecule has 0 aromatic carbocycles. The zero-order valence-corrected chi connectivity index (χ0v) is 12.4. The summed E-state index contributed by atoms with van der Waals surface area (Å²) in [7, 11) is 1.70. The van der Waals surface area contributed by atoms with Crippen LogP contribution in [-0.2, 0) is 4.74 Å². The Kier molecular flexibility index (Phi) is 5.14. The second kappa shape index (κ2) is 6.85. The Bertz CT molecular complexity index is 445. The molecule has 1 aromatic rings. The maximum absolute atomic E-state index is 12.3. The molecule has 1 fully saturated rings. The summed E-state index contributed by atoms with van der Waals surface area (Å²) in [6.07, 6.45) is 2.40. The fraction of sp³-hybridized carbons (Fsp3) is 0.714. The van der Waals surface area contributed by atoms with E-state index in [9.17, 15) is 4.79 Å². The van der Waals surface area contributed by atoms with E-state index in [0.717, 1.165) is 38.4 Å². The molecule has 1 atom stereocenters. The van der Waals surface area contributed by atoms with Gasteiger partial charge < -0.3 is 14.6 Å². The average Bonchev–Trinajstić information content (AvgIpc) is 3.04. The highest BCUT2D eigenvalue weighted by Crippen LogP contribution is 2.18. The van der Waals surface area contributed by atoms with Crippen molar-refractivity contribution in [1.29, 1.82) is 0 Å². The lowest BCUT2D eigenvalue weighted by atomic mass is 10.1. The number of hydrogen-bond acceptors (Lipinski definition) is 5. The van der Waals surface area contributed by atoms with Gasteiger partial charge in [0.2, 0.25) is 0 Å². The molecular formula is C14H23N3O3. The lowest BCUT2D eigenvalue weighted by Gasteiger charge is -2.16. The number of carbonyl (C=O) groups is 1. The number of rotatable bonds is 6. The monoisotopic (exact) mass is 281 g/mol. The van der Waals surface area contributed by atoms with Crippen LogP contribution in [-0.4, -0.2) is 55.4 Å². The Morgan fingerprint density at radius 2 is 2.45 bits per heavy atom. The van der Waals surface area contributed by atoms with Crippen molar-refractivity contribution in [2.45, 2.75) is 32.2 Å². The Balaban J connectivity index is 1.88. The molecule has 6 heteroatoms. The van der Waals surface area contributed by atoms with Crippen molar-refractivity contribution >= 4 is 5.91 Å². The third kappa shape index (κ3) is 3.58. The molecule has 0 aliphatic carbocycles. The van der Waals surface area contributed by atoms with Gasteiger partial charge in [-0.15, -0.1) is 0 Å². The number of likely N-dealkylation sites (tertiary alicyclic amines) is 1. The first-order valence-electron chi connectivity index (χ1n) is 7.08. The van der Waals surface area contributed by atoms with Gasteiger partial charge in [-0.25, -0.2) is 0 Å². The highest BCUT2D eigenvalue weighted by molar-refractivity contribution is 5.95. The van der Waals surface area contributed by atoms with Crippen LogP contribution in [0.25, 0.3) is 0 Å². The lowest BCUT2D eigenvalue weighted by molar-refractivity contribution is 0.0934. The number of aromatic nitrogens is 1. The van der Waals surface area contributed by atoms with Crippen LogP contribution in [0.4, 0.5) is 0 Å². The van der Waals surface area contributed by atoms with Gasteiger partial charge in [-0.1, -0.05) is 19.0 Å².